The van der Waals surface area contributed by atoms with Crippen LogP contribution in [-0.4, -0.2) is 14.5 Å². The van der Waals surface area contributed by atoms with Crippen LogP contribution in [0, 0.1) is 5.82 Å². The van der Waals surface area contributed by atoms with Gasteiger partial charge in [0.2, 0.25) is 0 Å². The topological polar surface area (TPSA) is 56.7 Å². The lowest BCUT2D eigenvalue weighted by molar-refractivity contribution is 0.628. The normalized spacial score (nSPS) is 11.2. The number of aryl methyl sites for hydroxylation is 1. The highest BCUT2D eigenvalue weighted by Gasteiger charge is 2.12. The molecular weight excluding hydrogens is 255 g/mol. The Morgan fingerprint density at radius 1 is 1.25 bits per heavy atom. The first-order chi connectivity index (χ1) is 9.72. The van der Waals surface area contributed by atoms with Crippen LogP contribution in [0.2, 0.25) is 0 Å². The maximum atomic E-state index is 13.4. The summed E-state index contributed by atoms with van der Waals surface area (Å²) in [5, 5.41) is 0. The number of imidazole rings is 1. The van der Waals surface area contributed by atoms with Crippen LogP contribution in [0.1, 0.15) is 12.6 Å². The zero-order valence-electron chi connectivity index (χ0n) is 11.2. The minimum atomic E-state index is -0.254. The van der Waals surface area contributed by atoms with Crippen molar-refractivity contribution >= 4 is 11.0 Å². The number of nitrogens with two attached hydrogens (primary N) is 1. The predicted molar refractivity (Wildman–Crippen MR) is 76.5 cm³/mol. The molecule has 2 N–H and O–H groups in total. The molecule has 4 nitrogen and oxygen atoms in total. The van der Waals surface area contributed by atoms with Crippen molar-refractivity contribution in [2.24, 2.45) is 5.73 Å². The molecule has 0 fully saturated rings. The first-order valence-corrected chi connectivity index (χ1v) is 6.54. The molecule has 102 valence electrons. The summed E-state index contributed by atoms with van der Waals surface area (Å²) in [6.45, 7) is 3.12. The molecular formula is C15H15FN4. The van der Waals surface area contributed by atoms with Crippen molar-refractivity contribution in [3.8, 4) is 11.4 Å². The van der Waals surface area contributed by atoms with Crippen molar-refractivity contribution in [3.63, 3.8) is 0 Å². The molecule has 0 unspecified atom stereocenters. The third-order valence-corrected chi connectivity index (χ3v) is 3.31. The van der Waals surface area contributed by atoms with E-state index in [0.29, 0.717) is 6.54 Å². The number of benzene rings is 1. The van der Waals surface area contributed by atoms with Crippen molar-refractivity contribution < 1.29 is 4.39 Å². The Balaban J connectivity index is 2.24. The van der Waals surface area contributed by atoms with Gasteiger partial charge in [0.1, 0.15) is 11.6 Å². The lowest BCUT2D eigenvalue weighted by atomic mass is 10.2. The molecule has 0 aliphatic carbocycles. The zero-order chi connectivity index (χ0) is 14.1. The fourth-order valence-corrected chi connectivity index (χ4v) is 2.37. The van der Waals surface area contributed by atoms with Crippen LogP contribution in [-0.2, 0) is 13.1 Å². The second kappa shape index (κ2) is 5.02. The maximum absolute atomic E-state index is 13.4. The quantitative estimate of drug-likeness (QED) is 0.796. The minimum Gasteiger partial charge on any atom is -0.325 e. The molecule has 20 heavy (non-hydrogen) atoms. The fraction of sp³-hybridized carbons (Fsp3) is 0.200. The molecule has 1 aromatic carbocycles. The summed E-state index contributed by atoms with van der Waals surface area (Å²) in [7, 11) is 0. The molecule has 2 heterocycles. The molecule has 0 aliphatic heterocycles. The highest BCUT2D eigenvalue weighted by Crippen LogP contribution is 2.25. The van der Waals surface area contributed by atoms with Crippen molar-refractivity contribution in [2.45, 2.75) is 20.0 Å². The van der Waals surface area contributed by atoms with Crippen LogP contribution in [0.15, 0.2) is 36.5 Å². The van der Waals surface area contributed by atoms with Crippen molar-refractivity contribution in [3.05, 3.63) is 48.0 Å². The van der Waals surface area contributed by atoms with Crippen molar-refractivity contribution in [2.75, 3.05) is 0 Å². The van der Waals surface area contributed by atoms with E-state index in [4.69, 9.17) is 5.73 Å². The van der Waals surface area contributed by atoms with Gasteiger partial charge in [-0.1, -0.05) is 0 Å². The van der Waals surface area contributed by atoms with Crippen molar-refractivity contribution in [1.29, 1.82) is 0 Å². The monoisotopic (exact) mass is 270 g/mol. The number of nitrogens with zero attached hydrogens (tertiary/aromatic N) is 3. The summed E-state index contributed by atoms with van der Waals surface area (Å²) < 4.78 is 15.4. The summed E-state index contributed by atoms with van der Waals surface area (Å²) in [5.74, 6) is 0.557. The Bertz CT molecular complexity index is 764. The average Bonchev–Trinajstić information content (AvgIpc) is 2.85. The summed E-state index contributed by atoms with van der Waals surface area (Å²) in [6.07, 6.45) is 1.72. The Kier molecular flexibility index (Phi) is 3.20. The molecule has 0 saturated heterocycles. The zero-order valence-corrected chi connectivity index (χ0v) is 11.2. The fourth-order valence-electron chi connectivity index (χ4n) is 2.37. The standard InChI is InChI=1S/C15H15FN4/c1-2-20-14-8-11(16)3-4-13(14)19-15(20)10-5-6-18-12(7-10)9-17/h3-8H,2,9,17H2,1H3. The largest absolute Gasteiger partial charge is 0.325 e. The summed E-state index contributed by atoms with van der Waals surface area (Å²) in [5.41, 5.74) is 8.96. The molecule has 0 radical (unpaired) electrons. The maximum Gasteiger partial charge on any atom is 0.141 e. The average molecular weight is 270 g/mol. The van der Waals surface area contributed by atoms with Gasteiger partial charge in [0.25, 0.3) is 0 Å². The molecule has 5 heteroatoms. The SMILES string of the molecule is CCn1c(-c2ccnc(CN)c2)nc2ccc(F)cc21. The lowest BCUT2D eigenvalue weighted by Gasteiger charge is -2.07. The molecule has 0 saturated carbocycles. The Labute approximate surface area is 116 Å². The molecule has 0 bridgehead atoms. The van der Waals surface area contributed by atoms with Crippen LogP contribution in [0.5, 0.6) is 0 Å². The van der Waals surface area contributed by atoms with E-state index < -0.39 is 0 Å². The molecule has 0 amide bonds. The van der Waals surface area contributed by atoms with E-state index in [1.807, 2.05) is 23.6 Å². The third-order valence-electron chi connectivity index (χ3n) is 3.31. The van der Waals surface area contributed by atoms with E-state index >= 15 is 0 Å². The van der Waals surface area contributed by atoms with Gasteiger partial charge in [0.05, 0.1) is 16.7 Å². The second-order valence-electron chi connectivity index (χ2n) is 4.55. The summed E-state index contributed by atoms with van der Waals surface area (Å²) in [6, 6.07) is 8.45. The number of fused-ring (bicyclic) bond motifs is 1. The van der Waals surface area contributed by atoms with Crippen LogP contribution < -0.4 is 5.73 Å². The van der Waals surface area contributed by atoms with Gasteiger partial charge >= 0.3 is 0 Å². The third kappa shape index (κ3) is 2.06. The first-order valence-electron chi connectivity index (χ1n) is 6.54. The second-order valence-corrected chi connectivity index (χ2v) is 4.55. The summed E-state index contributed by atoms with van der Waals surface area (Å²) in [4.78, 5) is 8.78. The molecule has 3 rings (SSSR count). The Morgan fingerprint density at radius 3 is 2.85 bits per heavy atom. The Hall–Kier alpha value is -2.27. The number of hydrogen-bond donors (Lipinski definition) is 1. The Morgan fingerprint density at radius 2 is 2.10 bits per heavy atom. The lowest BCUT2D eigenvalue weighted by Crippen LogP contribution is -2.01. The minimum absolute atomic E-state index is 0.254. The number of hydrogen-bond acceptors (Lipinski definition) is 3. The van der Waals surface area contributed by atoms with Gasteiger partial charge in [0, 0.05) is 24.8 Å². The van der Waals surface area contributed by atoms with E-state index in [1.165, 1.54) is 12.1 Å². The van der Waals surface area contributed by atoms with Gasteiger partial charge in [-0.25, -0.2) is 9.37 Å². The van der Waals surface area contributed by atoms with E-state index in [0.717, 1.165) is 34.7 Å². The van der Waals surface area contributed by atoms with Crippen LogP contribution in [0.25, 0.3) is 22.4 Å². The first kappa shape index (κ1) is 12.7. The predicted octanol–water partition coefficient (Wildman–Crippen LogP) is 2.72. The van der Waals surface area contributed by atoms with E-state index in [9.17, 15) is 4.39 Å². The number of halogens is 1. The van der Waals surface area contributed by atoms with Gasteiger partial charge in [-0.3, -0.25) is 4.98 Å². The van der Waals surface area contributed by atoms with Crippen LogP contribution in [0.4, 0.5) is 4.39 Å². The highest BCUT2D eigenvalue weighted by atomic mass is 19.1. The molecule has 0 spiro atoms. The van der Waals surface area contributed by atoms with E-state index in [1.54, 1.807) is 12.3 Å². The molecule has 0 aliphatic rings. The van der Waals surface area contributed by atoms with Crippen molar-refractivity contribution in [1.82, 2.24) is 14.5 Å². The molecule has 0 atom stereocenters. The summed E-state index contributed by atoms with van der Waals surface area (Å²) >= 11 is 0. The van der Waals surface area contributed by atoms with Gasteiger partial charge < -0.3 is 10.3 Å². The van der Waals surface area contributed by atoms with E-state index in [2.05, 4.69) is 9.97 Å². The highest BCUT2D eigenvalue weighted by molar-refractivity contribution is 5.80. The molecule has 3 aromatic rings. The number of rotatable bonds is 3. The number of aromatic nitrogens is 3. The molecule has 2 aromatic heterocycles. The number of pyridine rings is 1. The van der Waals surface area contributed by atoms with Gasteiger partial charge in [-0.15, -0.1) is 0 Å². The van der Waals surface area contributed by atoms with Gasteiger partial charge in [-0.05, 0) is 37.3 Å². The van der Waals surface area contributed by atoms with Gasteiger partial charge in [-0.2, -0.15) is 0 Å². The smallest absolute Gasteiger partial charge is 0.141 e. The van der Waals surface area contributed by atoms with Gasteiger partial charge in [0.15, 0.2) is 0 Å². The van der Waals surface area contributed by atoms with Crippen LogP contribution in [0.3, 0.4) is 0 Å². The van der Waals surface area contributed by atoms with Crippen LogP contribution >= 0.6 is 0 Å². The van der Waals surface area contributed by atoms with E-state index in [-0.39, 0.29) is 5.82 Å².